The molecule has 1 N–H and O–H groups in total. The maximum Gasteiger partial charge on any atom is 0.0894 e. The zero-order chi connectivity index (χ0) is 16.6. The van der Waals surface area contributed by atoms with Crippen molar-refractivity contribution in [2.24, 2.45) is 5.10 Å². The molecule has 1 heterocycles. The van der Waals surface area contributed by atoms with E-state index in [0.717, 1.165) is 16.9 Å². The highest BCUT2D eigenvalue weighted by Crippen LogP contribution is 2.35. The first-order valence-corrected chi connectivity index (χ1v) is 7.89. The van der Waals surface area contributed by atoms with Gasteiger partial charge >= 0.3 is 0 Å². The van der Waals surface area contributed by atoms with Crippen LogP contribution in [0.5, 0.6) is 0 Å². The normalized spacial score (nSPS) is 13.4. The zero-order valence-electron chi connectivity index (χ0n) is 14.4. The van der Waals surface area contributed by atoms with Crippen LogP contribution in [-0.2, 0) is 0 Å². The Bertz CT molecular complexity index is 816. The summed E-state index contributed by atoms with van der Waals surface area (Å²) in [5.74, 6) is 0. The first kappa shape index (κ1) is 15.3. The quantitative estimate of drug-likeness (QED) is 0.876. The van der Waals surface area contributed by atoms with Gasteiger partial charge in [-0.15, -0.1) is 0 Å². The first-order chi connectivity index (χ1) is 11.0. The Kier molecular flexibility index (Phi) is 3.95. The van der Waals surface area contributed by atoms with Crippen molar-refractivity contribution in [3.05, 3.63) is 58.1 Å². The molecule has 0 aliphatic carbocycles. The van der Waals surface area contributed by atoms with Gasteiger partial charge in [-0.3, -0.25) is 5.01 Å². The molecule has 3 heteroatoms. The highest BCUT2D eigenvalue weighted by molar-refractivity contribution is 6.17. The maximum atomic E-state index is 4.61. The molecule has 0 saturated carbocycles. The molecule has 0 amide bonds. The highest BCUT2D eigenvalue weighted by atomic mass is 15.4. The van der Waals surface area contributed by atoms with Crippen LogP contribution in [-0.4, -0.2) is 20.3 Å². The van der Waals surface area contributed by atoms with Crippen LogP contribution < -0.4 is 10.3 Å². The van der Waals surface area contributed by atoms with Gasteiger partial charge < -0.3 is 5.32 Å². The number of nitrogens with zero attached hydrogens (tertiary/aromatic N) is 2. The number of fused-ring (bicyclic) bond motifs is 1. The third-order valence-corrected chi connectivity index (χ3v) is 4.40. The predicted molar refractivity (Wildman–Crippen MR) is 101 cm³/mol. The number of hydrazone groups is 1. The molecule has 1 aliphatic heterocycles. The van der Waals surface area contributed by atoms with E-state index in [1.165, 1.54) is 27.8 Å². The third kappa shape index (κ3) is 2.87. The summed E-state index contributed by atoms with van der Waals surface area (Å²) in [4.78, 5) is 0. The molecule has 0 radical (unpaired) electrons. The largest absolute Gasteiger partial charge is 0.386 e. The fraction of sp³-hybridized carbons (Fsp3) is 0.250. The molecule has 0 aromatic heterocycles. The summed E-state index contributed by atoms with van der Waals surface area (Å²) in [6, 6.07) is 10.9. The molecular weight excluding hydrogens is 282 g/mol. The van der Waals surface area contributed by atoms with E-state index in [9.17, 15) is 0 Å². The lowest BCUT2D eigenvalue weighted by atomic mass is 9.98. The Morgan fingerprint density at radius 2 is 1.78 bits per heavy atom. The number of aryl methyl sites for hydroxylation is 3. The molecule has 0 atom stereocenters. The van der Waals surface area contributed by atoms with E-state index in [-0.39, 0.29) is 0 Å². The molecular formula is C20H23N3. The van der Waals surface area contributed by atoms with Crippen molar-refractivity contribution in [3.8, 4) is 0 Å². The van der Waals surface area contributed by atoms with E-state index in [1.54, 1.807) is 0 Å². The molecule has 0 unspecified atom stereocenters. The van der Waals surface area contributed by atoms with Crippen molar-refractivity contribution >= 4 is 29.2 Å². The summed E-state index contributed by atoms with van der Waals surface area (Å²) >= 11 is 0. The van der Waals surface area contributed by atoms with Gasteiger partial charge in [-0.05, 0) is 61.2 Å². The molecule has 0 fully saturated rings. The molecule has 0 bridgehead atoms. The van der Waals surface area contributed by atoms with Crippen LogP contribution in [0.4, 0.5) is 11.4 Å². The number of hydrogen-bond donors (Lipinski definition) is 1. The first-order valence-electron chi connectivity index (χ1n) is 7.89. The van der Waals surface area contributed by atoms with Gasteiger partial charge in [0.15, 0.2) is 0 Å². The van der Waals surface area contributed by atoms with Crippen molar-refractivity contribution in [2.75, 3.05) is 24.4 Å². The van der Waals surface area contributed by atoms with Crippen LogP contribution in [0.3, 0.4) is 0 Å². The van der Waals surface area contributed by atoms with Gasteiger partial charge in [0, 0.05) is 25.2 Å². The topological polar surface area (TPSA) is 27.6 Å². The van der Waals surface area contributed by atoms with Crippen LogP contribution in [0.15, 0.2) is 35.4 Å². The standard InChI is InChI=1S/C20H23N3/c1-13-8-17-11-18(16-7-6-14(2)15(3)10-16)12-22-23(5)20(17)19(9-13)21-4/h6-12,21H,1-5H3. The monoisotopic (exact) mass is 305 g/mol. The van der Waals surface area contributed by atoms with E-state index in [1.807, 2.05) is 25.3 Å². The zero-order valence-corrected chi connectivity index (χ0v) is 14.4. The van der Waals surface area contributed by atoms with E-state index < -0.39 is 0 Å². The molecule has 0 spiro atoms. The van der Waals surface area contributed by atoms with Crippen LogP contribution in [0.1, 0.15) is 27.8 Å². The van der Waals surface area contributed by atoms with Crippen molar-refractivity contribution in [1.82, 2.24) is 0 Å². The number of nitrogens with one attached hydrogen (secondary N) is 1. The van der Waals surface area contributed by atoms with Crippen molar-refractivity contribution < 1.29 is 0 Å². The van der Waals surface area contributed by atoms with Crippen molar-refractivity contribution in [3.63, 3.8) is 0 Å². The minimum Gasteiger partial charge on any atom is -0.386 e. The lowest BCUT2D eigenvalue weighted by molar-refractivity contribution is 1.02. The number of allylic oxidation sites excluding steroid dienone is 1. The van der Waals surface area contributed by atoms with Gasteiger partial charge in [-0.2, -0.15) is 5.10 Å². The Morgan fingerprint density at radius 3 is 2.48 bits per heavy atom. The van der Waals surface area contributed by atoms with Gasteiger partial charge in [0.25, 0.3) is 0 Å². The lowest BCUT2D eigenvalue weighted by Gasteiger charge is -2.19. The maximum absolute atomic E-state index is 4.61. The fourth-order valence-electron chi connectivity index (χ4n) is 2.96. The minimum atomic E-state index is 1.09. The number of anilines is 2. The summed E-state index contributed by atoms with van der Waals surface area (Å²) in [5.41, 5.74) is 9.56. The van der Waals surface area contributed by atoms with Gasteiger partial charge in [-0.25, -0.2) is 0 Å². The third-order valence-electron chi connectivity index (χ3n) is 4.40. The van der Waals surface area contributed by atoms with Crippen LogP contribution in [0.25, 0.3) is 11.6 Å². The van der Waals surface area contributed by atoms with Gasteiger partial charge in [0.1, 0.15) is 0 Å². The second-order valence-electron chi connectivity index (χ2n) is 6.17. The average Bonchev–Trinajstić information content (AvgIpc) is 2.68. The van der Waals surface area contributed by atoms with Gasteiger partial charge in [0.05, 0.1) is 17.6 Å². The minimum absolute atomic E-state index is 1.09. The molecule has 2 aromatic rings. The fourth-order valence-corrected chi connectivity index (χ4v) is 2.96. The van der Waals surface area contributed by atoms with E-state index in [2.05, 4.69) is 67.6 Å². The molecule has 3 nitrogen and oxygen atoms in total. The second-order valence-corrected chi connectivity index (χ2v) is 6.17. The number of benzene rings is 2. The second kappa shape index (κ2) is 5.92. The Balaban J connectivity index is 2.18. The van der Waals surface area contributed by atoms with Crippen molar-refractivity contribution in [1.29, 1.82) is 0 Å². The molecule has 2 aromatic carbocycles. The van der Waals surface area contributed by atoms with E-state index >= 15 is 0 Å². The van der Waals surface area contributed by atoms with E-state index in [0.29, 0.717) is 0 Å². The Hall–Kier alpha value is -2.55. The highest BCUT2D eigenvalue weighted by Gasteiger charge is 2.15. The van der Waals surface area contributed by atoms with Gasteiger partial charge in [0.2, 0.25) is 0 Å². The number of rotatable bonds is 2. The average molecular weight is 305 g/mol. The Labute approximate surface area is 138 Å². The van der Waals surface area contributed by atoms with Crippen LogP contribution >= 0.6 is 0 Å². The summed E-state index contributed by atoms with van der Waals surface area (Å²) < 4.78 is 0. The lowest BCUT2D eigenvalue weighted by Crippen LogP contribution is -2.11. The summed E-state index contributed by atoms with van der Waals surface area (Å²) in [6.07, 6.45) is 4.17. The Morgan fingerprint density at radius 1 is 1.00 bits per heavy atom. The van der Waals surface area contributed by atoms with Crippen LogP contribution in [0.2, 0.25) is 0 Å². The van der Waals surface area contributed by atoms with Crippen LogP contribution in [0, 0.1) is 20.8 Å². The summed E-state index contributed by atoms with van der Waals surface area (Å²) in [5, 5.41) is 9.83. The summed E-state index contributed by atoms with van der Waals surface area (Å²) in [7, 11) is 3.94. The number of hydrogen-bond acceptors (Lipinski definition) is 3. The van der Waals surface area contributed by atoms with Crippen molar-refractivity contribution in [2.45, 2.75) is 20.8 Å². The molecule has 1 aliphatic rings. The molecule has 118 valence electrons. The van der Waals surface area contributed by atoms with E-state index in [4.69, 9.17) is 0 Å². The van der Waals surface area contributed by atoms with Gasteiger partial charge in [-0.1, -0.05) is 18.2 Å². The smallest absolute Gasteiger partial charge is 0.0894 e. The molecule has 23 heavy (non-hydrogen) atoms. The predicted octanol–water partition coefficient (Wildman–Crippen LogP) is 4.63. The SMILES string of the molecule is CNc1cc(C)cc2c1N(C)N=CC(c1ccc(C)c(C)c1)=C2. The molecule has 3 rings (SSSR count). The summed E-state index contributed by atoms with van der Waals surface area (Å²) in [6.45, 7) is 6.41. The molecule has 0 saturated heterocycles.